The summed E-state index contributed by atoms with van der Waals surface area (Å²) < 4.78 is 0. The number of aliphatic hydroxyl groups excluding tert-OH is 1. The number of piperidine rings is 1. The number of thiazole rings is 1. The molecule has 3 aromatic rings. The second-order valence-corrected chi connectivity index (χ2v) is 14.0. The van der Waals surface area contributed by atoms with Gasteiger partial charge >= 0.3 is 6.03 Å². The number of urea groups is 1. The van der Waals surface area contributed by atoms with E-state index in [0.717, 1.165) is 73.3 Å². The van der Waals surface area contributed by atoms with E-state index >= 15 is 0 Å². The quantitative estimate of drug-likeness (QED) is 0.331. The molecule has 3 fully saturated rings. The molecule has 3 aromatic heterocycles. The number of hydrogen-bond donors (Lipinski definition) is 3. The summed E-state index contributed by atoms with van der Waals surface area (Å²) in [7, 11) is 0. The van der Waals surface area contributed by atoms with Gasteiger partial charge in [0.1, 0.15) is 22.7 Å². The van der Waals surface area contributed by atoms with Gasteiger partial charge in [-0.2, -0.15) is 0 Å². The number of nitrogens with zero attached hydrogens (tertiary/aromatic N) is 5. The van der Waals surface area contributed by atoms with Crippen LogP contribution in [-0.2, 0) is 11.2 Å². The molecule has 4 amide bonds. The Bertz CT molecular complexity index is 1580. The van der Waals surface area contributed by atoms with Crippen molar-refractivity contribution in [2.75, 3.05) is 31.1 Å². The van der Waals surface area contributed by atoms with Gasteiger partial charge < -0.3 is 15.7 Å². The van der Waals surface area contributed by atoms with Crippen molar-refractivity contribution in [1.29, 1.82) is 0 Å². The molecule has 2 aliphatic heterocycles. The summed E-state index contributed by atoms with van der Waals surface area (Å²) in [5, 5.41) is 12.6. The number of anilines is 1. The Morgan fingerprint density at radius 2 is 2.02 bits per heavy atom. The zero-order valence-electron chi connectivity index (χ0n) is 24.3. The molecule has 12 heteroatoms. The molecular weight excluding hydrogens is 566 g/mol. The van der Waals surface area contributed by atoms with Crippen LogP contribution >= 0.6 is 11.3 Å². The zero-order valence-corrected chi connectivity index (χ0v) is 25.1. The van der Waals surface area contributed by atoms with Crippen LogP contribution in [0.5, 0.6) is 0 Å². The number of aliphatic hydroxyl groups is 1. The number of likely N-dealkylation sites (tertiary alicyclic amines) is 1. The van der Waals surface area contributed by atoms with E-state index in [1.54, 1.807) is 0 Å². The Labute approximate surface area is 253 Å². The molecule has 4 aliphatic rings. The number of aromatic nitrogens is 3. The number of pyridine rings is 2. The number of carbonyl (C=O) groups is 3. The second kappa shape index (κ2) is 10.9. The monoisotopic (exact) mass is 603 g/mol. The SMILES string of the molecule is CC1(C2Cc3cc4nc(C(N)=O)sc4nc3C([C@@H](CCN3CCC(O)CC3)c3ccc(N4CC(=O)NC4=O)nc3)C2)CC1. The molecule has 3 atom stereocenters. The lowest BCUT2D eigenvalue weighted by Gasteiger charge is -2.39. The average Bonchev–Trinajstić information content (AvgIpc) is 3.45. The van der Waals surface area contributed by atoms with Crippen LogP contribution in [0.4, 0.5) is 10.6 Å². The molecule has 0 spiro atoms. The maximum absolute atomic E-state index is 12.3. The van der Waals surface area contributed by atoms with Crippen molar-refractivity contribution in [1.82, 2.24) is 25.2 Å². The topological polar surface area (TPSA) is 155 Å². The van der Waals surface area contributed by atoms with Crippen LogP contribution in [0.25, 0.3) is 10.3 Å². The van der Waals surface area contributed by atoms with Gasteiger partial charge in [0.2, 0.25) is 5.91 Å². The molecule has 1 saturated carbocycles. The Hall–Kier alpha value is -3.48. The maximum Gasteiger partial charge on any atom is 0.330 e. The summed E-state index contributed by atoms with van der Waals surface area (Å²) >= 11 is 1.25. The third kappa shape index (κ3) is 5.51. The molecule has 2 unspecified atom stereocenters. The summed E-state index contributed by atoms with van der Waals surface area (Å²) in [4.78, 5) is 54.8. The second-order valence-electron chi connectivity index (χ2n) is 13.0. The zero-order chi connectivity index (χ0) is 29.9. The van der Waals surface area contributed by atoms with Crippen molar-refractivity contribution in [2.24, 2.45) is 17.1 Å². The van der Waals surface area contributed by atoms with Crippen LogP contribution in [-0.4, -0.2) is 75.1 Å². The van der Waals surface area contributed by atoms with Crippen LogP contribution in [0.2, 0.25) is 0 Å². The highest BCUT2D eigenvalue weighted by Crippen LogP contribution is 2.58. The van der Waals surface area contributed by atoms with Crippen molar-refractivity contribution >= 4 is 45.3 Å². The Balaban J connectivity index is 1.26. The third-order valence-electron chi connectivity index (χ3n) is 10.2. The standard InChI is InChI=1S/C31H37N7O4S/c1-31(7-8-31)19-12-18-13-23-28(43-29(34-23)27(32)41)36-26(18)22(14-19)21(6-11-37-9-4-20(39)5-10-37)17-2-3-24(33-15-17)38-16-25(40)35-30(38)42/h2-3,13,15,19-22,39H,4-12,14,16H2,1H3,(H2,32,41)(H,35,40,42)/t19?,21-,22?/m0/s1. The number of fused-ring (bicyclic) bond motifs is 2. The molecule has 226 valence electrons. The van der Waals surface area contributed by atoms with Gasteiger partial charge in [0.15, 0.2) is 5.01 Å². The smallest absolute Gasteiger partial charge is 0.330 e. The van der Waals surface area contributed by atoms with E-state index in [1.165, 1.54) is 34.6 Å². The first kappa shape index (κ1) is 28.3. The number of nitrogens with one attached hydrogen (secondary N) is 1. The largest absolute Gasteiger partial charge is 0.393 e. The van der Waals surface area contributed by atoms with Gasteiger partial charge in [-0.3, -0.25) is 19.8 Å². The number of rotatable bonds is 8. The van der Waals surface area contributed by atoms with E-state index in [2.05, 4.69) is 33.2 Å². The van der Waals surface area contributed by atoms with Crippen molar-refractivity contribution in [3.05, 3.63) is 46.2 Å². The van der Waals surface area contributed by atoms with E-state index in [0.29, 0.717) is 17.2 Å². The Kier molecular flexibility index (Phi) is 7.18. The van der Waals surface area contributed by atoms with E-state index in [9.17, 15) is 19.5 Å². The Morgan fingerprint density at radius 3 is 2.67 bits per heavy atom. The van der Waals surface area contributed by atoms with Gasteiger partial charge in [0, 0.05) is 30.9 Å². The van der Waals surface area contributed by atoms with Crippen molar-refractivity contribution in [3.63, 3.8) is 0 Å². The van der Waals surface area contributed by atoms with Crippen LogP contribution in [0, 0.1) is 11.3 Å². The lowest BCUT2D eigenvalue weighted by molar-refractivity contribution is -0.117. The molecule has 0 radical (unpaired) electrons. The highest BCUT2D eigenvalue weighted by molar-refractivity contribution is 7.19. The normalized spacial score (nSPS) is 24.7. The van der Waals surface area contributed by atoms with Gasteiger partial charge in [0.25, 0.3) is 5.91 Å². The fourth-order valence-electron chi connectivity index (χ4n) is 7.23. The molecular formula is C31H37N7O4S. The van der Waals surface area contributed by atoms with E-state index < -0.39 is 11.9 Å². The molecule has 2 saturated heterocycles. The molecule has 4 N–H and O–H groups in total. The summed E-state index contributed by atoms with van der Waals surface area (Å²) in [6.07, 6.45) is 8.51. The van der Waals surface area contributed by atoms with Gasteiger partial charge in [-0.15, -0.1) is 0 Å². The van der Waals surface area contributed by atoms with E-state index in [1.807, 2.05) is 18.3 Å². The van der Waals surface area contributed by atoms with Crippen LogP contribution < -0.4 is 16.0 Å². The van der Waals surface area contributed by atoms with Gasteiger partial charge in [0.05, 0.1) is 6.10 Å². The highest BCUT2D eigenvalue weighted by atomic mass is 32.1. The van der Waals surface area contributed by atoms with Crippen molar-refractivity contribution < 1.29 is 19.5 Å². The first-order chi connectivity index (χ1) is 20.7. The molecule has 2 aliphatic carbocycles. The number of nitrogens with two attached hydrogens (primary N) is 1. The van der Waals surface area contributed by atoms with Crippen LogP contribution in [0.3, 0.4) is 0 Å². The molecule has 11 nitrogen and oxygen atoms in total. The Morgan fingerprint density at radius 1 is 1.23 bits per heavy atom. The first-order valence-electron chi connectivity index (χ1n) is 15.2. The highest BCUT2D eigenvalue weighted by Gasteiger charge is 2.48. The third-order valence-corrected chi connectivity index (χ3v) is 11.1. The molecule has 43 heavy (non-hydrogen) atoms. The van der Waals surface area contributed by atoms with Crippen molar-refractivity contribution in [3.8, 4) is 0 Å². The minimum Gasteiger partial charge on any atom is -0.393 e. The number of carbonyl (C=O) groups excluding carboxylic acids is 3. The number of imide groups is 1. The predicted molar refractivity (Wildman–Crippen MR) is 162 cm³/mol. The number of hydrogen-bond acceptors (Lipinski definition) is 9. The predicted octanol–water partition coefficient (Wildman–Crippen LogP) is 3.32. The lowest BCUT2D eigenvalue weighted by atomic mass is 9.67. The fraction of sp³-hybridized carbons (Fsp3) is 0.548. The first-order valence-corrected chi connectivity index (χ1v) is 16.1. The van der Waals surface area contributed by atoms with Crippen LogP contribution in [0.15, 0.2) is 24.4 Å². The fourth-order valence-corrected chi connectivity index (χ4v) is 8.02. The molecule has 7 rings (SSSR count). The summed E-state index contributed by atoms with van der Waals surface area (Å²) in [5.41, 5.74) is 9.96. The van der Waals surface area contributed by atoms with Crippen molar-refractivity contribution in [2.45, 2.75) is 69.8 Å². The van der Waals surface area contributed by atoms with Gasteiger partial charge in [-0.25, -0.2) is 19.7 Å². The molecule has 0 aromatic carbocycles. The molecule has 5 heterocycles. The van der Waals surface area contributed by atoms with E-state index in [4.69, 9.17) is 10.7 Å². The van der Waals surface area contributed by atoms with E-state index in [-0.39, 0.29) is 35.4 Å². The van der Waals surface area contributed by atoms with Crippen LogP contribution in [0.1, 0.15) is 83.9 Å². The lowest BCUT2D eigenvalue weighted by Crippen LogP contribution is -2.37. The minimum absolute atomic E-state index is 0.0340. The summed E-state index contributed by atoms with van der Waals surface area (Å²) in [6, 6.07) is 5.55. The van der Waals surface area contributed by atoms with Gasteiger partial charge in [-0.05, 0) is 92.0 Å². The average molecular weight is 604 g/mol. The summed E-state index contributed by atoms with van der Waals surface area (Å²) in [5.74, 6) is 0.336. The summed E-state index contributed by atoms with van der Waals surface area (Å²) in [6.45, 7) is 5.01. The number of primary amides is 1. The molecule has 0 bridgehead atoms. The number of amides is 4. The maximum atomic E-state index is 12.3. The minimum atomic E-state index is -0.537. The van der Waals surface area contributed by atoms with Gasteiger partial charge in [-0.1, -0.05) is 24.3 Å².